The number of nitrogens with zero attached hydrogens (tertiary/aromatic N) is 2. The zero-order chi connectivity index (χ0) is 27.2. The minimum Gasteiger partial charge on any atom is -0.476 e. The first-order valence-corrected chi connectivity index (χ1v) is 11.6. The van der Waals surface area contributed by atoms with Crippen LogP contribution in [0.5, 0.6) is 11.6 Å². The third-order valence-electron chi connectivity index (χ3n) is 4.95. The number of halogens is 3. The van der Waals surface area contributed by atoms with Gasteiger partial charge in [0, 0.05) is 29.8 Å². The molecule has 0 spiro atoms. The van der Waals surface area contributed by atoms with Gasteiger partial charge in [-0.1, -0.05) is 18.2 Å². The first-order chi connectivity index (χ1) is 17.3. The summed E-state index contributed by atoms with van der Waals surface area (Å²) in [6, 6.07) is 9.86. The van der Waals surface area contributed by atoms with Gasteiger partial charge in [0.25, 0.3) is 0 Å². The number of nitrogens with one attached hydrogen (secondary N) is 1. The minimum atomic E-state index is -4.61. The number of ether oxygens (including phenoxy) is 3. The molecular formula is C26H28F3N3O5. The Morgan fingerprint density at radius 3 is 2.32 bits per heavy atom. The number of aromatic nitrogens is 2. The van der Waals surface area contributed by atoms with Gasteiger partial charge in [-0.15, -0.1) is 10.2 Å². The first kappa shape index (κ1) is 27.7. The Bertz CT molecular complexity index is 1270. The summed E-state index contributed by atoms with van der Waals surface area (Å²) in [7, 11) is 0. The van der Waals surface area contributed by atoms with E-state index in [4.69, 9.17) is 14.2 Å². The standard InChI is InChI=1S/C26H28F3N3O5/c1-16(33)36-21-15-17(26(27,28)29)11-12-20(21)22-18-9-5-6-10-19(18)23(32-31-22)35-14-8-7-13-30-24(34)37-25(2,3)4/h5-6,9-12,15H,7-8,13-14H2,1-4H3,(H,30,34). The van der Waals surface area contributed by atoms with Crippen LogP contribution in [0.3, 0.4) is 0 Å². The van der Waals surface area contributed by atoms with Crippen LogP contribution in [0.15, 0.2) is 42.5 Å². The molecule has 0 bridgehead atoms. The van der Waals surface area contributed by atoms with Crippen molar-refractivity contribution in [3.63, 3.8) is 0 Å². The number of amides is 1. The highest BCUT2D eigenvalue weighted by atomic mass is 19.4. The van der Waals surface area contributed by atoms with Crippen LogP contribution in [-0.2, 0) is 15.7 Å². The molecule has 0 aliphatic heterocycles. The lowest BCUT2D eigenvalue weighted by Gasteiger charge is -2.19. The Labute approximate surface area is 212 Å². The van der Waals surface area contributed by atoms with Crippen molar-refractivity contribution in [2.24, 2.45) is 0 Å². The average molecular weight is 520 g/mol. The predicted octanol–water partition coefficient (Wildman–Crippen LogP) is 5.92. The Balaban J connectivity index is 1.76. The fourth-order valence-corrected chi connectivity index (χ4v) is 3.42. The molecule has 0 aliphatic carbocycles. The molecule has 8 nitrogen and oxygen atoms in total. The highest BCUT2D eigenvalue weighted by molar-refractivity contribution is 5.98. The van der Waals surface area contributed by atoms with Gasteiger partial charge in [-0.25, -0.2) is 4.79 Å². The number of rotatable bonds is 8. The number of esters is 1. The molecule has 0 unspecified atom stereocenters. The summed E-state index contributed by atoms with van der Waals surface area (Å²) >= 11 is 0. The quantitative estimate of drug-likeness (QED) is 0.224. The Kier molecular flexibility index (Phi) is 8.57. The highest BCUT2D eigenvalue weighted by Crippen LogP contribution is 2.39. The molecule has 1 aromatic heterocycles. The third kappa shape index (κ3) is 7.80. The molecular weight excluding hydrogens is 491 g/mol. The van der Waals surface area contributed by atoms with E-state index >= 15 is 0 Å². The van der Waals surface area contributed by atoms with Crippen LogP contribution in [-0.4, -0.2) is 41.0 Å². The monoisotopic (exact) mass is 519 g/mol. The lowest BCUT2D eigenvalue weighted by atomic mass is 10.0. The van der Waals surface area contributed by atoms with Gasteiger partial charge < -0.3 is 19.5 Å². The summed E-state index contributed by atoms with van der Waals surface area (Å²) in [5.74, 6) is -0.785. The summed E-state index contributed by atoms with van der Waals surface area (Å²) in [6.45, 7) is 7.17. The van der Waals surface area contributed by atoms with E-state index in [1.165, 1.54) is 6.07 Å². The van der Waals surface area contributed by atoms with Crippen molar-refractivity contribution in [1.82, 2.24) is 15.5 Å². The number of fused-ring (bicyclic) bond motifs is 1. The average Bonchev–Trinajstić information content (AvgIpc) is 2.79. The fraction of sp³-hybridized carbons (Fsp3) is 0.385. The normalized spacial score (nSPS) is 11.8. The van der Waals surface area contributed by atoms with Crippen molar-refractivity contribution in [1.29, 1.82) is 0 Å². The molecule has 11 heteroatoms. The molecule has 1 N–H and O–H groups in total. The summed E-state index contributed by atoms with van der Waals surface area (Å²) in [5, 5.41) is 12.2. The molecule has 0 fully saturated rings. The Hall–Kier alpha value is -3.89. The summed E-state index contributed by atoms with van der Waals surface area (Å²) in [5.41, 5.74) is -1.09. The second-order valence-electron chi connectivity index (χ2n) is 9.19. The largest absolute Gasteiger partial charge is 0.476 e. The number of hydrogen-bond acceptors (Lipinski definition) is 7. The zero-order valence-electron chi connectivity index (χ0n) is 20.9. The number of carbonyl (C=O) groups is 2. The minimum absolute atomic E-state index is 0.187. The predicted molar refractivity (Wildman–Crippen MR) is 130 cm³/mol. The summed E-state index contributed by atoms with van der Waals surface area (Å²) in [4.78, 5) is 23.3. The molecule has 0 saturated heterocycles. The van der Waals surface area contributed by atoms with Crippen molar-refractivity contribution in [2.75, 3.05) is 13.2 Å². The molecule has 0 radical (unpaired) electrons. The second-order valence-corrected chi connectivity index (χ2v) is 9.19. The number of unbranched alkanes of at least 4 members (excludes halogenated alkanes) is 1. The number of benzene rings is 2. The van der Waals surface area contributed by atoms with E-state index in [2.05, 4.69) is 15.5 Å². The van der Waals surface area contributed by atoms with Crippen LogP contribution in [0.1, 0.15) is 46.1 Å². The van der Waals surface area contributed by atoms with Crippen molar-refractivity contribution < 1.29 is 37.0 Å². The van der Waals surface area contributed by atoms with Crippen molar-refractivity contribution >= 4 is 22.8 Å². The van der Waals surface area contributed by atoms with Gasteiger partial charge in [-0.3, -0.25) is 4.79 Å². The Morgan fingerprint density at radius 1 is 0.973 bits per heavy atom. The van der Waals surface area contributed by atoms with E-state index in [1.54, 1.807) is 45.0 Å². The van der Waals surface area contributed by atoms with Crippen LogP contribution >= 0.6 is 0 Å². The van der Waals surface area contributed by atoms with E-state index in [9.17, 15) is 22.8 Å². The maximum Gasteiger partial charge on any atom is 0.416 e. The number of carbonyl (C=O) groups excluding carboxylic acids is 2. The van der Waals surface area contributed by atoms with Gasteiger partial charge in [-0.05, 0) is 57.9 Å². The van der Waals surface area contributed by atoms with Crippen molar-refractivity contribution in [3.8, 4) is 22.9 Å². The van der Waals surface area contributed by atoms with Gasteiger partial charge >= 0.3 is 18.2 Å². The Morgan fingerprint density at radius 2 is 1.68 bits per heavy atom. The molecule has 198 valence electrons. The van der Waals surface area contributed by atoms with Gasteiger partial charge in [-0.2, -0.15) is 13.2 Å². The number of alkyl carbamates (subject to hydrolysis) is 1. The maximum atomic E-state index is 13.2. The van der Waals surface area contributed by atoms with Crippen LogP contribution in [0.2, 0.25) is 0 Å². The van der Waals surface area contributed by atoms with Crippen LogP contribution in [0.4, 0.5) is 18.0 Å². The van der Waals surface area contributed by atoms with Crippen LogP contribution in [0.25, 0.3) is 22.0 Å². The van der Waals surface area contributed by atoms with E-state index in [0.717, 1.165) is 19.1 Å². The number of hydrogen-bond donors (Lipinski definition) is 1. The maximum absolute atomic E-state index is 13.2. The molecule has 1 heterocycles. The molecule has 3 aromatic rings. The fourth-order valence-electron chi connectivity index (χ4n) is 3.42. The zero-order valence-corrected chi connectivity index (χ0v) is 20.9. The van der Waals surface area contributed by atoms with E-state index in [-0.39, 0.29) is 22.9 Å². The lowest BCUT2D eigenvalue weighted by molar-refractivity contribution is -0.138. The molecule has 2 aromatic carbocycles. The lowest BCUT2D eigenvalue weighted by Crippen LogP contribution is -2.33. The van der Waals surface area contributed by atoms with Gasteiger partial charge in [0.05, 0.1) is 12.2 Å². The molecule has 1 amide bonds. The second kappa shape index (κ2) is 11.4. The van der Waals surface area contributed by atoms with Crippen molar-refractivity contribution in [2.45, 2.75) is 52.3 Å². The smallest absolute Gasteiger partial charge is 0.416 e. The first-order valence-electron chi connectivity index (χ1n) is 11.6. The topological polar surface area (TPSA) is 99.6 Å². The van der Waals surface area contributed by atoms with Gasteiger partial charge in [0.1, 0.15) is 17.0 Å². The third-order valence-corrected chi connectivity index (χ3v) is 4.95. The SMILES string of the molecule is CC(=O)Oc1cc(C(F)(F)F)ccc1-c1nnc(OCCCCNC(=O)OC(C)(C)C)c2ccccc12. The molecule has 0 atom stereocenters. The summed E-state index contributed by atoms with van der Waals surface area (Å²) in [6.07, 6.45) is -3.85. The highest BCUT2D eigenvalue weighted by Gasteiger charge is 2.32. The molecule has 3 rings (SSSR count). The van der Waals surface area contributed by atoms with Gasteiger partial charge in [0.15, 0.2) is 0 Å². The van der Waals surface area contributed by atoms with E-state index in [0.29, 0.717) is 36.8 Å². The van der Waals surface area contributed by atoms with Crippen LogP contribution in [0, 0.1) is 0 Å². The molecule has 0 saturated carbocycles. The van der Waals surface area contributed by atoms with Gasteiger partial charge in [0.2, 0.25) is 5.88 Å². The van der Waals surface area contributed by atoms with E-state index < -0.39 is 29.4 Å². The molecule has 37 heavy (non-hydrogen) atoms. The van der Waals surface area contributed by atoms with E-state index in [1.807, 2.05) is 0 Å². The van der Waals surface area contributed by atoms with Crippen LogP contribution < -0.4 is 14.8 Å². The number of alkyl halides is 3. The molecule has 0 aliphatic rings. The summed E-state index contributed by atoms with van der Waals surface area (Å²) < 4.78 is 55.8. The van der Waals surface area contributed by atoms with Crippen molar-refractivity contribution in [3.05, 3.63) is 48.0 Å².